The van der Waals surface area contributed by atoms with E-state index in [4.69, 9.17) is 9.47 Å². The van der Waals surface area contributed by atoms with Gasteiger partial charge in [-0.1, -0.05) is 40.5 Å². The van der Waals surface area contributed by atoms with Gasteiger partial charge in [-0.05, 0) is 38.0 Å². The van der Waals surface area contributed by atoms with Crippen molar-refractivity contribution in [1.82, 2.24) is 0 Å². The second kappa shape index (κ2) is 12.7. The van der Waals surface area contributed by atoms with Crippen molar-refractivity contribution < 1.29 is 19.1 Å². The van der Waals surface area contributed by atoms with Gasteiger partial charge in [-0.25, -0.2) is 0 Å². The Balaban J connectivity index is 5.34. The molecule has 5 nitrogen and oxygen atoms in total. The number of rotatable bonds is 12. The van der Waals surface area contributed by atoms with E-state index in [1.807, 2.05) is 0 Å². The molecule has 0 N–H and O–H groups in total. The van der Waals surface area contributed by atoms with Crippen LogP contribution in [0, 0.1) is 40.9 Å². The van der Waals surface area contributed by atoms with Crippen LogP contribution in [0.4, 0.5) is 0 Å². The molecule has 25 heavy (non-hydrogen) atoms. The fourth-order valence-electron chi connectivity index (χ4n) is 3.18. The highest BCUT2D eigenvalue weighted by atomic mass is 16.5. The van der Waals surface area contributed by atoms with E-state index in [0.29, 0.717) is 5.92 Å². The van der Waals surface area contributed by atoms with Crippen molar-refractivity contribution in [1.29, 1.82) is 5.26 Å². The second-order valence-electron chi connectivity index (χ2n) is 7.26. The maximum Gasteiger partial charge on any atom is 0.310 e. The van der Waals surface area contributed by atoms with Gasteiger partial charge in [0.1, 0.15) is 0 Å². The standard InChI is InChI=1S/C20H35NO4/c1-7-24-19(22)12-17(20(23)25-8-2)18(13-21)16(15(5)6)11-9-10-14(3)4/h14-18H,7-12H2,1-6H3. The number of hydrogen-bond acceptors (Lipinski definition) is 5. The highest BCUT2D eigenvalue weighted by Crippen LogP contribution is 2.34. The molecule has 5 heteroatoms. The molecule has 0 spiro atoms. The van der Waals surface area contributed by atoms with Gasteiger partial charge in [0.25, 0.3) is 0 Å². The number of carbonyl (C=O) groups is 2. The van der Waals surface area contributed by atoms with Crippen LogP contribution in [-0.4, -0.2) is 25.2 Å². The number of ether oxygens (including phenoxy) is 2. The quantitative estimate of drug-likeness (QED) is 0.487. The minimum Gasteiger partial charge on any atom is -0.466 e. The average molecular weight is 354 g/mol. The molecule has 0 aliphatic carbocycles. The molecule has 0 aliphatic rings. The molecular weight excluding hydrogens is 318 g/mol. The first-order valence-corrected chi connectivity index (χ1v) is 9.50. The normalized spacial score (nSPS) is 14.7. The molecule has 0 radical (unpaired) electrons. The van der Waals surface area contributed by atoms with Gasteiger partial charge in [-0.2, -0.15) is 5.26 Å². The lowest BCUT2D eigenvalue weighted by Crippen LogP contribution is -2.34. The van der Waals surface area contributed by atoms with Crippen LogP contribution in [0.3, 0.4) is 0 Å². The zero-order valence-electron chi connectivity index (χ0n) is 16.7. The van der Waals surface area contributed by atoms with E-state index in [-0.39, 0.29) is 31.5 Å². The van der Waals surface area contributed by atoms with Gasteiger partial charge in [0.05, 0.1) is 37.5 Å². The van der Waals surface area contributed by atoms with Crippen molar-refractivity contribution >= 4 is 11.9 Å². The second-order valence-corrected chi connectivity index (χ2v) is 7.26. The van der Waals surface area contributed by atoms with Crippen molar-refractivity contribution in [3.8, 4) is 6.07 Å². The molecule has 0 saturated carbocycles. The van der Waals surface area contributed by atoms with Gasteiger partial charge >= 0.3 is 11.9 Å². The molecule has 0 fully saturated rings. The minimum absolute atomic E-state index is 0.0487. The Morgan fingerprint density at radius 3 is 2.04 bits per heavy atom. The lowest BCUT2D eigenvalue weighted by molar-refractivity contribution is -0.157. The number of carbonyl (C=O) groups excluding carboxylic acids is 2. The smallest absolute Gasteiger partial charge is 0.310 e. The largest absolute Gasteiger partial charge is 0.466 e. The molecule has 0 amide bonds. The zero-order chi connectivity index (χ0) is 19.4. The molecule has 3 atom stereocenters. The topological polar surface area (TPSA) is 76.4 Å². The third-order valence-corrected chi connectivity index (χ3v) is 4.50. The van der Waals surface area contributed by atoms with Crippen molar-refractivity contribution in [2.24, 2.45) is 29.6 Å². The zero-order valence-corrected chi connectivity index (χ0v) is 16.7. The summed E-state index contributed by atoms with van der Waals surface area (Å²) in [6.07, 6.45) is 2.86. The molecule has 0 aromatic heterocycles. The summed E-state index contributed by atoms with van der Waals surface area (Å²) in [4.78, 5) is 24.4. The lowest BCUT2D eigenvalue weighted by Gasteiger charge is -2.30. The van der Waals surface area contributed by atoms with Crippen LogP contribution >= 0.6 is 0 Å². The molecule has 0 bridgehead atoms. The molecular formula is C20H35NO4. The van der Waals surface area contributed by atoms with Crippen LogP contribution in [0.15, 0.2) is 0 Å². The maximum absolute atomic E-state index is 12.4. The Hall–Kier alpha value is -1.57. The fraction of sp³-hybridized carbons (Fsp3) is 0.850. The molecule has 144 valence electrons. The van der Waals surface area contributed by atoms with E-state index in [1.165, 1.54) is 0 Å². The van der Waals surface area contributed by atoms with Crippen LogP contribution in [0.25, 0.3) is 0 Å². The third kappa shape index (κ3) is 8.90. The summed E-state index contributed by atoms with van der Waals surface area (Å²) in [5.74, 6) is -1.34. The van der Waals surface area contributed by atoms with Crippen LogP contribution in [0.2, 0.25) is 0 Å². The van der Waals surface area contributed by atoms with Crippen LogP contribution in [-0.2, 0) is 19.1 Å². The first kappa shape index (κ1) is 23.4. The molecule has 0 aromatic carbocycles. The van der Waals surface area contributed by atoms with E-state index in [0.717, 1.165) is 19.3 Å². The van der Waals surface area contributed by atoms with Crippen molar-refractivity contribution in [3.63, 3.8) is 0 Å². The summed E-state index contributed by atoms with van der Waals surface area (Å²) in [6.45, 7) is 12.4. The first-order valence-electron chi connectivity index (χ1n) is 9.50. The number of nitrogens with zero attached hydrogens (tertiary/aromatic N) is 1. The van der Waals surface area contributed by atoms with Gasteiger partial charge < -0.3 is 9.47 Å². The summed E-state index contributed by atoms with van der Waals surface area (Å²) in [5, 5.41) is 9.77. The van der Waals surface area contributed by atoms with Gasteiger partial charge in [0, 0.05) is 0 Å². The molecule has 3 unspecified atom stereocenters. The number of esters is 2. The summed E-state index contributed by atoms with van der Waals surface area (Å²) in [5.41, 5.74) is 0. The average Bonchev–Trinajstić information content (AvgIpc) is 2.52. The van der Waals surface area contributed by atoms with Crippen molar-refractivity contribution in [2.75, 3.05) is 13.2 Å². The molecule has 0 rings (SSSR count). The Bertz CT molecular complexity index is 439. The Kier molecular flexibility index (Phi) is 11.9. The predicted molar refractivity (Wildman–Crippen MR) is 97.5 cm³/mol. The van der Waals surface area contributed by atoms with Gasteiger partial charge in [0.15, 0.2) is 0 Å². The first-order chi connectivity index (χ1) is 11.8. The van der Waals surface area contributed by atoms with Gasteiger partial charge in [-0.15, -0.1) is 0 Å². The maximum atomic E-state index is 12.4. The Morgan fingerprint density at radius 2 is 1.60 bits per heavy atom. The van der Waals surface area contributed by atoms with E-state index in [2.05, 4.69) is 33.8 Å². The van der Waals surface area contributed by atoms with Gasteiger partial charge in [-0.3, -0.25) is 9.59 Å². The van der Waals surface area contributed by atoms with Crippen LogP contribution in [0.1, 0.15) is 67.2 Å². The van der Waals surface area contributed by atoms with E-state index >= 15 is 0 Å². The number of nitriles is 1. The summed E-state index contributed by atoms with van der Waals surface area (Å²) >= 11 is 0. The lowest BCUT2D eigenvalue weighted by atomic mass is 9.73. The summed E-state index contributed by atoms with van der Waals surface area (Å²) in [7, 11) is 0. The molecule has 0 aromatic rings. The van der Waals surface area contributed by atoms with Crippen molar-refractivity contribution in [3.05, 3.63) is 0 Å². The summed E-state index contributed by atoms with van der Waals surface area (Å²) in [6, 6.07) is 2.30. The van der Waals surface area contributed by atoms with Crippen LogP contribution in [0.5, 0.6) is 0 Å². The van der Waals surface area contributed by atoms with Gasteiger partial charge in [0.2, 0.25) is 0 Å². The summed E-state index contributed by atoms with van der Waals surface area (Å²) < 4.78 is 10.1. The monoisotopic (exact) mass is 353 g/mol. The Morgan fingerprint density at radius 1 is 1.00 bits per heavy atom. The van der Waals surface area contributed by atoms with E-state index < -0.39 is 23.8 Å². The van der Waals surface area contributed by atoms with Crippen molar-refractivity contribution in [2.45, 2.75) is 67.2 Å². The highest BCUT2D eigenvalue weighted by Gasteiger charge is 2.38. The SMILES string of the molecule is CCOC(=O)CC(C(=O)OCC)C(C#N)C(CCCC(C)C)C(C)C. The molecule has 0 saturated heterocycles. The molecule has 0 aliphatic heterocycles. The van der Waals surface area contributed by atoms with E-state index in [9.17, 15) is 14.9 Å². The predicted octanol–water partition coefficient (Wildman–Crippen LogP) is 4.36. The molecule has 0 heterocycles. The minimum atomic E-state index is -0.768. The number of hydrogen-bond donors (Lipinski definition) is 0. The third-order valence-electron chi connectivity index (χ3n) is 4.50. The Labute approximate surface area is 153 Å². The van der Waals surface area contributed by atoms with E-state index in [1.54, 1.807) is 13.8 Å². The highest BCUT2D eigenvalue weighted by molar-refractivity contribution is 5.80. The van der Waals surface area contributed by atoms with Crippen LogP contribution < -0.4 is 0 Å². The fourth-order valence-corrected chi connectivity index (χ4v) is 3.18.